The molecule has 0 atom stereocenters. The number of carbonyl (C=O) groups is 1. The molecule has 0 amide bonds. The lowest BCUT2D eigenvalue weighted by Crippen LogP contribution is -2.37. The van der Waals surface area contributed by atoms with Crippen molar-refractivity contribution < 1.29 is 14.3 Å². The van der Waals surface area contributed by atoms with Gasteiger partial charge in [0, 0.05) is 21.0 Å². The van der Waals surface area contributed by atoms with Gasteiger partial charge in [-0.1, -0.05) is 26.0 Å². The van der Waals surface area contributed by atoms with E-state index in [0.29, 0.717) is 6.42 Å². The maximum absolute atomic E-state index is 12.0. The van der Waals surface area contributed by atoms with Crippen LogP contribution in [0, 0.1) is 8.99 Å². The van der Waals surface area contributed by atoms with Gasteiger partial charge in [0.05, 0.1) is 13.2 Å². The number of rotatable bonds is 6. The third-order valence-electron chi connectivity index (χ3n) is 3.58. The van der Waals surface area contributed by atoms with Crippen LogP contribution in [-0.4, -0.2) is 25.3 Å². The molecule has 0 spiro atoms. The molecule has 1 aliphatic rings. The minimum absolute atomic E-state index is 0.0913. The van der Waals surface area contributed by atoms with Crippen molar-refractivity contribution in [2.24, 2.45) is 5.41 Å². The van der Waals surface area contributed by atoms with E-state index < -0.39 is 0 Å². The zero-order valence-electron chi connectivity index (χ0n) is 12.7. The van der Waals surface area contributed by atoms with Crippen LogP contribution in [0.5, 0.6) is 0 Å². The topological polar surface area (TPSA) is 35.5 Å². The summed E-state index contributed by atoms with van der Waals surface area (Å²) in [5.41, 5.74) is 0.930. The van der Waals surface area contributed by atoms with Crippen molar-refractivity contribution in [1.82, 2.24) is 0 Å². The van der Waals surface area contributed by atoms with Gasteiger partial charge in [0.1, 0.15) is 0 Å². The Morgan fingerprint density at radius 2 is 1.81 bits per heavy atom. The molecule has 0 radical (unpaired) electrons. The molecular formula is C17H23IO3. The summed E-state index contributed by atoms with van der Waals surface area (Å²) in [4.78, 5) is 12.0. The molecule has 21 heavy (non-hydrogen) atoms. The fourth-order valence-corrected chi connectivity index (χ4v) is 2.63. The third kappa shape index (κ3) is 5.68. The maximum Gasteiger partial charge on any atom is 0.162 e. The summed E-state index contributed by atoms with van der Waals surface area (Å²) in [6.45, 7) is 5.78. The van der Waals surface area contributed by atoms with Crippen molar-refractivity contribution in [2.45, 2.75) is 45.8 Å². The number of hydrogen-bond donors (Lipinski definition) is 0. The second-order valence-corrected chi connectivity index (χ2v) is 7.64. The molecular weight excluding hydrogens is 379 g/mol. The van der Waals surface area contributed by atoms with Gasteiger partial charge < -0.3 is 9.47 Å². The molecule has 0 N–H and O–H groups in total. The Bertz CT molecular complexity index is 457. The summed E-state index contributed by atoms with van der Waals surface area (Å²) in [5.74, 6) is 0.220. The maximum atomic E-state index is 12.0. The molecule has 1 aliphatic heterocycles. The van der Waals surface area contributed by atoms with Crippen LogP contribution >= 0.6 is 22.6 Å². The molecule has 3 nitrogen and oxygen atoms in total. The van der Waals surface area contributed by atoms with Gasteiger partial charge in [-0.25, -0.2) is 0 Å². The normalized spacial score (nSPS) is 18.6. The highest BCUT2D eigenvalue weighted by Gasteiger charge is 2.27. The van der Waals surface area contributed by atoms with E-state index in [-0.39, 0.29) is 17.5 Å². The molecule has 1 aromatic carbocycles. The first-order valence-electron chi connectivity index (χ1n) is 7.48. The highest BCUT2D eigenvalue weighted by Crippen LogP contribution is 2.25. The molecule has 2 rings (SSSR count). The SMILES string of the molecule is CC1(C)COC(CCCCC(=O)c2ccc(I)cc2)OC1. The van der Waals surface area contributed by atoms with Crippen molar-refractivity contribution in [3.8, 4) is 0 Å². The molecule has 1 aromatic rings. The molecule has 1 saturated heterocycles. The molecule has 0 aromatic heterocycles. The summed E-state index contributed by atoms with van der Waals surface area (Å²) < 4.78 is 12.5. The Balaban J connectivity index is 1.64. The van der Waals surface area contributed by atoms with Gasteiger partial charge in [-0.3, -0.25) is 4.79 Å². The third-order valence-corrected chi connectivity index (χ3v) is 4.30. The lowest BCUT2D eigenvalue weighted by Gasteiger charge is -2.34. The fraction of sp³-hybridized carbons (Fsp3) is 0.588. The monoisotopic (exact) mass is 402 g/mol. The van der Waals surface area contributed by atoms with Crippen molar-refractivity contribution in [3.63, 3.8) is 0 Å². The number of benzene rings is 1. The smallest absolute Gasteiger partial charge is 0.162 e. The Morgan fingerprint density at radius 1 is 1.19 bits per heavy atom. The van der Waals surface area contributed by atoms with E-state index in [9.17, 15) is 4.79 Å². The van der Waals surface area contributed by atoms with Crippen molar-refractivity contribution in [1.29, 1.82) is 0 Å². The van der Waals surface area contributed by atoms with Gasteiger partial charge in [-0.2, -0.15) is 0 Å². The minimum Gasteiger partial charge on any atom is -0.352 e. The van der Waals surface area contributed by atoms with Gasteiger partial charge in [0.25, 0.3) is 0 Å². The number of ether oxygens (including phenoxy) is 2. The fourth-order valence-electron chi connectivity index (χ4n) is 2.27. The van der Waals surface area contributed by atoms with E-state index in [4.69, 9.17) is 9.47 Å². The minimum atomic E-state index is -0.0913. The average molecular weight is 402 g/mol. The first kappa shape index (κ1) is 16.9. The highest BCUT2D eigenvalue weighted by atomic mass is 127. The summed E-state index contributed by atoms with van der Waals surface area (Å²) in [7, 11) is 0. The van der Waals surface area contributed by atoms with E-state index in [0.717, 1.165) is 41.6 Å². The van der Waals surface area contributed by atoms with Crippen molar-refractivity contribution in [3.05, 3.63) is 33.4 Å². The largest absolute Gasteiger partial charge is 0.352 e. The number of hydrogen-bond acceptors (Lipinski definition) is 3. The Morgan fingerprint density at radius 3 is 2.43 bits per heavy atom. The second kappa shape index (κ2) is 7.70. The summed E-state index contributed by atoms with van der Waals surface area (Å²) in [6.07, 6.45) is 3.22. The molecule has 0 bridgehead atoms. The first-order valence-corrected chi connectivity index (χ1v) is 8.56. The Labute approximate surface area is 140 Å². The summed E-state index contributed by atoms with van der Waals surface area (Å²) in [6, 6.07) is 7.75. The van der Waals surface area contributed by atoms with Crippen LogP contribution in [0.15, 0.2) is 24.3 Å². The molecule has 0 saturated carbocycles. The zero-order chi connectivity index (χ0) is 15.3. The summed E-state index contributed by atoms with van der Waals surface area (Å²) >= 11 is 2.24. The van der Waals surface area contributed by atoms with Gasteiger partial charge in [0.15, 0.2) is 12.1 Å². The molecule has 1 fully saturated rings. The Kier molecular flexibility index (Phi) is 6.20. The average Bonchev–Trinajstić information content (AvgIpc) is 2.45. The van der Waals surface area contributed by atoms with Gasteiger partial charge >= 0.3 is 0 Å². The lowest BCUT2D eigenvalue weighted by molar-refractivity contribution is -0.224. The second-order valence-electron chi connectivity index (χ2n) is 6.39. The van der Waals surface area contributed by atoms with Crippen LogP contribution in [0.2, 0.25) is 0 Å². The van der Waals surface area contributed by atoms with Crippen molar-refractivity contribution in [2.75, 3.05) is 13.2 Å². The van der Waals surface area contributed by atoms with Crippen LogP contribution in [0.4, 0.5) is 0 Å². The van der Waals surface area contributed by atoms with Gasteiger partial charge in [-0.15, -0.1) is 0 Å². The lowest BCUT2D eigenvalue weighted by atomic mass is 9.95. The van der Waals surface area contributed by atoms with E-state index in [1.807, 2.05) is 24.3 Å². The van der Waals surface area contributed by atoms with Gasteiger partial charge in [-0.05, 0) is 54.0 Å². The Hall–Kier alpha value is -0.460. The zero-order valence-corrected chi connectivity index (χ0v) is 14.9. The number of carbonyl (C=O) groups excluding carboxylic acids is 1. The van der Waals surface area contributed by atoms with Crippen LogP contribution < -0.4 is 0 Å². The van der Waals surface area contributed by atoms with E-state index in [2.05, 4.69) is 36.4 Å². The van der Waals surface area contributed by atoms with E-state index in [1.54, 1.807) is 0 Å². The van der Waals surface area contributed by atoms with Crippen LogP contribution in [0.25, 0.3) is 0 Å². The van der Waals surface area contributed by atoms with Crippen LogP contribution in [0.3, 0.4) is 0 Å². The molecule has 116 valence electrons. The number of ketones is 1. The van der Waals surface area contributed by atoms with E-state index >= 15 is 0 Å². The predicted molar refractivity (Wildman–Crippen MR) is 91.4 cm³/mol. The first-order chi connectivity index (χ1) is 9.96. The number of unbranched alkanes of at least 4 members (excludes halogenated alkanes) is 1. The molecule has 0 unspecified atom stereocenters. The summed E-state index contributed by atoms with van der Waals surface area (Å²) in [5, 5.41) is 0. The van der Waals surface area contributed by atoms with Crippen LogP contribution in [0.1, 0.15) is 49.9 Å². The van der Waals surface area contributed by atoms with Crippen molar-refractivity contribution >= 4 is 28.4 Å². The van der Waals surface area contributed by atoms with Gasteiger partial charge in [0.2, 0.25) is 0 Å². The highest BCUT2D eigenvalue weighted by molar-refractivity contribution is 14.1. The molecule has 1 heterocycles. The number of Topliss-reactive ketones (excluding diaryl/α,β-unsaturated/α-hetero) is 1. The standard InChI is InChI=1S/C17H23IO3/c1-17(2)11-20-16(21-12-17)6-4-3-5-15(19)13-7-9-14(18)10-8-13/h7-10,16H,3-6,11-12H2,1-2H3. The molecule has 4 heteroatoms. The van der Waals surface area contributed by atoms with Crippen LogP contribution in [-0.2, 0) is 9.47 Å². The quantitative estimate of drug-likeness (QED) is 0.401. The number of halogens is 1. The predicted octanol–water partition coefficient (Wildman–Crippen LogP) is 4.43. The molecule has 0 aliphatic carbocycles. The van der Waals surface area contributed by atoms with E-state index in [1.165, 1.54) is 0 Å².